The third kappa shape index (κ3) is 5.94. The van der Waals surface area contributed by atoms with E-state index in [9.17, 15) is 18.0 Å². The number of aromatic nitrogens is 1. The number of aromatic carboxylic acids is 1. The number of nitrogens with zero attached hydrogens (tertiary/aromatic N) is 1. The number of nitrogens with one attached hydrogen (secondary N) is 2. The molecule has 2 aromatic carbocycles. The Morgan fingerprint density at radius 2 is 1.77 bits per heavy atom. The van der Waals surface area contributed by atoms with Crippen molar-refractivity contribution in [3.8, 4) is 0 Å². The summed E-state index contributed by atoms with van der Waals surface area (Å²) in [7, 11) is -4.09. The first-order valence-electron chi connectivity index (χ1n) is 9.10. The van der Waals surface area contributed by atoms with Crippen molar-refractivity contribution >= 4 is 50.2 Å². The number of pyridine rings is 1. The van der Waals surface area contributed by atoms with Gasteiger partial charge in [0.15, 0.2) is 4.90 Å². The van der Waals surface area contributed by atoms with Crippen LogP contribution in [0.3, 0.4) is 0 Å². The lowest BCUT2D eigenvalue weighted by atomic mass is 10.1. The average molecular weight is 463 g/mol. The molecular formula is C20H20N3O6S2+. The maximum Gasteiger partial charge on any atom is 0.409 e. The van der Waals surface area contributed by atoms with E-state index in [1.54, 1.807) is 36.4 Å². The molecule has 0 atom stereocenters. The van der Waals surface area contributed by atoms with Crippen molar-refractivity contribution in [1.29, 1.82) is 0 Å². The summed E-state index contributed by atoms with van der Waals surface area (Å²) in [6.45, 7) is 0.760. The molecule has 0 radical (unpaired) electrons. The highest BCUT2D eigenvalue weighted by Gasteiger charge is 2.18. The number of hydrogen-bond donors (Lipinski definition) is 3. The summed E-state index contributed by atoms with van der Waals surface area (Å²) >= 11 is 1.20. The number of rotatable bonds is 9. The number of fused-ring (bicyclic) bond motifs is 1. The normalized spacial score (nSPS) is 11.3. The second-order valence-electron chi connectivity index (χ2n) is 6.42. The Hall–Kier alpha value is -3.15. The molecule has 0 spiro atoms. The van der Waals surface area contributed by atoms with Crippen LogP contribution in [0.15, 0.2) is 64.6 Å². The zero-order valence-corrected chi connectivity index (χ0v) is 17.8. The molecule has 5 N–H and O–H groups in total. The molecule has 3 aromatic rings. The molecule has 0 aliphatic carbocycles. The molecule has 0 unspecified atom stereocenters. The average Bonchev–Trinajstić information content (AvgIpc) is 2.74. The van der Waals surface area contributed by atoms with Crippen LogP contribution < -0.4 is 10.6 Å². The van der Waals surface area contributed by atoms with E-state index in [2.05, 4.69) is 15.6 Å². The van der Waals surface area contributed by atoms with Crippen LogP contribution in [-0.2, 0) is 14.9 Å². The van der Waals surface area contributed by atoms with Crippen LogP contribution in [0.4, 0.5) is 5.69 Å². The molecule has 1 heterocycles. The molecule has 1 aromatic heterocycles. The monoisotopic (exact) mass is 462 g/mol. The SMILES string of the molecule is O=C(CSc1ccc(C(=O)O)cn1)NCCNc1cccc2c(S(=O)(=O)[OH2+])cccc12. The van der Waals surface area contributed by atoms with Crippen molar-refractivity contribution in [2.24, 2.45) is 0 Å². The molecule has 162 valence electrons. The maximum absolute atomic E-state index is 12.0. The van der Waals surface area contributed by atoms with E-state index in [4.69, 9.17) is 9.66 Å². The minimum absolute atomic E-state index is 0.0519. The van der Waals surface area contributed by atoms with Crippen LogP contribution in [0, 0.1) is 0 Å². The lowest BCUT2D eigenvalue weighted by Crippen LogP contribution is -2.30. The molecular weight excluding hydrogens is 442 g/mol. The van der Waals surface area contributed by atoms with Gasteiger partial charge in [-0.05, 0) is 24.3 Å². The van der Waals surface area contributed by atoms with Crippen LogP contribution in [0.5, 0.6) is 0 Å². The van der Waals surface area contributed by atoms with Crippen LogP contribution in [0.1, 0.15) is 10.4 Å². The summed E-state index contributed by atoms with van der Waals surface area (Å²) in [6.07, 6.45) is 1.24. The predicted octanol–water partition coefficient (Wildman–Crippen LogP) is 1.67. The Kier molecular flexibility index (Phi) is 7.10. The summed E-state index contributed by atoms with van der Waals surface area (Å²) in [4.78, 5) is 26.8. The second-order valence-corrected chi connectivity index (χ2v) is 8.86. The number of anilines is 1. The van der Waals surface area contributed by atoms with Gasteiger partial charge in [0, 0.05) is 35.7 Å². The molecule has 0 fully saturated rings. The van der Waals surface area contributed by atoms with Crippen molar-refractivity contribution in [2.75, 3.05) is 24.2 Å². The summed E-state index contributed by atoms with van der Waals surface area (Å²) in [5, 5.41) is 16.5. The first-order valence-corrected chi connectivity index (χ1v) is 11.6. The lowest BCUT2D eigenvalue weighted by Gasteiger charge is -2.11. The Bertz CT molecular complexity index is 1210. The van der Waals surface area contributed by atoms with Gasteiger partial charge in [0.1, 0.15) is 0 Å². The van der Waals surface area contributed by atoms with Gasteiger partial charge in [0.2, 0.25) is 5.91 Å². The molecule has 9 nitrogen and oxygen atoms in total. The van der Waals surface area contributed by atoms with Crippen molar-refractivity contribution in [3.63, 3.8) is 0 Å². The topological polar surface area (TPSA) is 148 Å². The Morgan fingerprint density at radius 3 is 2.45 bits per heavy atom. The van der Waals surface area contributed by atoms with Gasteiger partial charge in [0.25, 0.3) is 0 Å². The van der Waals surface area contributed by atoms with E-state index in [1.165, 1.54) is 30.1 Å². The third-order valence-corrected chi connectivity index (χ3v) is 6.15. The van der Waals surface area contributed by atoms with Crippen LogP contribution in [-0.4, -0.2) is 53.8 Å². The van der Waals surface area contributed by atoms with E-state index in [0.717, 1.165) is 0 Å². The van der Waals surface area contributed by atoms with Crippen molar-refractivity contribution < 1.29 is 27.7 Å². The number of hydrogen-bond acceptors (Lipinski definition) is 7. The van der Waals surface area contributed by atoms with E-state index in [1.807, 2.05) is 0 Å². The van der Waals surface area contributed by atoms with Gasteiger partial charge in [-0.2, -0.15) is 0 Å². The molecule has 0 saturated carbocycles. The number of amides is 1. The summed E-state index contributed by atoms with van der Waals surface area (Å²) in [6, 6.07) is 12.9. The molecule has 0 aliphatic rings. The lowest BCUT2D eigenvalue weighted by molar-refractivity contribution is -0.118. The Labute approximate surface area is 182 Å². The van der Waals surface area contributed by atoms with Crippen molar-refractivity contribution in [1.82, 2.24) is 10.3 Å². The Morgan fingerprint density at radius 1 is 1.03 bits per heavy atom. The number of carbonyl (C=O) groups is 2. The largest absolute Gasteiger partial charge is 0.478 e. The minimum atomic E-state index is -4.09. The zero-order valence-electron chi connectivity index (χ0n) is 16.2. The minimum Gasteiger partial charge on any atom is -0.478 e. The van der Waals surface area contributed by atoms with E-state index < -0.39 is 16.1 Å². The number of carbonyl (C=O) groups excluding carboxylic acids is 1. The fraction of sp³-hybridized carbons (Fsp3) is 0.150. The van der Waals surface area contributed by atoms with Gasteiger partial charge in [-0.15, -0.1) is 8.42 Å². The standard InChI is InChI=1S/C20H19N3O6S2/c24-18(12-30-19-8-7-13(11-23-19)20(25)26)22-10-9-21-16-5-1-4-15-14(16)3-2-6-17(15)31(27,28)29/h1-8,11,21H,9-10,12H2,(H,22,24)(H,25,26)(H,27,28,29)/p+1. The van der Waals surface area contributed by atoms with Crippen molar-refractivity contribution in [3.05, 3.63) is 60.3 Å². The van der Waals surface area contributed by atoms with Crippen LogP contribution in [0.25, 0.3) is 10.8 Å². The highest BCUT2D eigenvalue weighted by atomic mass is 32.2. The van der Waals surface area contributed by atoms with Gasteiger partial charge in [-0.25, -0.2) is 9.78 Å². The van der Waals surface area contributed by atoms with E-state index in [0.29, 0.717) is 34.6 Å². The van der Waals surface area contributed by atoms with Gasteiger partial charge in [0.05, 0.1) is 16.3 Å². The first kappa shape index (κ1) is 22.5. The molecule has 0 saturated heterocycles. The smallest absolute Gasteiger partial charge is 0.409 e. The molecule has 3 rings (SSSR count). The summed E-state index contributed by atoms with van der Waals surface area (Å²) in [5.41, 5.74) is 0.787. The fourth-order valence-corrected chi connectivity index (χ4v) is 4.25. The van der Waals surface area contributed by atoms with Gasteiger partial charge in [-0.3, -0.25) is 4.79 Å². The van der Waals surface area contributed by atoms with Crippen LogP contribution in [0.2, 0.25) is 0 Å². The fourth-order valence-electron chi connectivity index (χ4n) is 2.85. The summed E-state index contributed by atoms with van der Waals surface area (Å²) < 4.78 is 30.7. The van der Waals surface area contributed by atoms with Gasteiger partial charge < -0.3 is 20.3 Å². The highest BCUT2D eigenvalue weighted by Crippen LogP contribution is 2.28. The Balaban J connectivity index is 1.51. The zero-order chi connectivity index (χ0) is 22.4. The van der Waals surface area contributed by atoms with Crippen LogP contribution >= 0.6 is 11.8 Å². The number of carboxylic acid groups (broad SMARTS) is 1. The predicted molar refractivity (Wildman–Crippen MR) is 118 cm³/mol. The quantitative estimate of drug-likeness (QED) is 0.247. The first-order chi connectivity index (χ1) is 14.8. The number of benzene rings is 2. The number of thioether (sulfide) groups is 1. The van der Waals surface area contributed by atoms with E-state index in [-0.39, 0.29) is 22.1 Å². The second kappa shape index (κ2) is 9.77. The molecule has 0 aliphatic heterocycles. The molecule has 31 heavy (non-hydrogen) atoms. The van der Waals surface area contributed by atoms with E-state index >= 15 is 0 Å². The number of carboxylic acids is 1. The van der Waals surface area contributed by atoms with Gasteiger partial charge in [-0.1, -0.05) is 36.0 Å². The third-order valence-electron chi connectivity index (χ3n) is 4.27. The molecule has 0 bridgehead atoms. The molecule has 11 heteroatoms. The van der Waals surface area contributed by atoms with Gasteiger partial charge >= 0.3 is 16.1 Å². The summed E-state index contributed by atoms with van der Waals surface area (Å²) in [5.74, 6) is -1.12. The van der Waals surface area contributed by atoms with Crippen molar-refractivity contribution in [2.45, 2.75) is 9.92 Å². The maximum atomic E-state index is 12.0. The highest BCUT2D eigenvalue weighted by molar-refractivity contribution is 7.99. The molecule has 1 amide bonds.